The summed E-state index contributed by atoms with van der Waals surface area (Å²) in [4.78, 5) is 4.57. The molecule has 17 heavy (non-hydrogen) atoms. The molecule has 0 amide bonds. The van der Waals surface area contributed by atoms with E-state index >= 15 is 0 Å². The van der Waals surface area contributed by atoms with Crippen molar-refractivity contribution in [1.29, 1.82) is 0 Å². The van der Waals surface area contributed by atoms with Gasteiger partial charge in [0, 0.05) is 11.9 Å². The highest BCUT2D eigenvalue weighted by atomic mass is 32.1. The molecule has 1 aliphatic rings. The monoisotopic (exact) mass is 254 g/mol. The number of nitrogens with zero attached hydrogens (tertiary/aromatic N) is 1. The summed E-state index contributed by atoms with van der Waals surface area (Å²) in [5.41, 5.74) is 1.09. The second-order valence-electron chi connectivity index (χ2n) is 4.63. The van der Waals surface area contributed by atoms with Crippen molar-refractivity contribution in [1.82, 2.24) is 10.3 Å². The molecule has 96 valence electrons. The number of hydrogen-bond acceptors (Lipinski definition) is 4. The van der Waals surface area contributed by atoms with Gasteiger partial charge in [0.25, 0.3) is 0 Å². The van der Waals surface area contributed by atoms with Gasteiger partial charge in [0.1, 0.15) is 5.01 Å². The Balaban J connectivity index is 1.69. The topological polar surface area (TPSA) is 34.2 Å². The summed E-state index contributed by atoms with van der Waals surface area (Å²) in [5.74, 6) is 0. The third-order valence-electron chi connectivity index (χ3n) is 3.07. The molecule has 0 bridgehead atoms. The third-order valence-corrected chi connectivity index (χ3v) is 3.97. The number of aromatic nitrogens is 1. The van der Waals surface area contributed by atoms with E-state index in [0.717, 1.165) is 18.8 Å². The molecule has 0 spiro atoms. The zero-order valence-electron chi connectivity index (χ0n) is 10.6. The summed E-state index contributed by atoms with van der Waals surface area (Å²) in [7, 11) is 0. The highest BCUT2D eigenvalue weighted by Gasteiger charge is 2.15. The molecule has 0 aromatic carbocycles. The fraction of sp³-hybridized carbons (Fsp3) is 0.769. The van der Waals surface area contributed by atoms with Gasteiger partial charge < -0.3 is 10.1 Å². The maximum Gasteiger partial charge on any atom is 0.107 e. The van der Waals surface area contributed by atoms with Crippen molar-refractivity contribution in [2.45, 2.75) is 58.3 Å². The van der Waals surface area contributed by atoms with Crippen LogP contribution in [-0.2, 0) is 17.9 Å². The Bertz CT molecular complexity index is 321. The highest BCUT2D eigenvalue weighted by molar-refractivity contribution is 7.09. The third kappa shape index (κ3) is 4.37. The molecule has 1 fully saturated rings. The van der Waals surface area contributed by atoms with Gasteiger partial charge in [-0.3, -0.25) is 0 Å². The molecule has 4 heteroatoms. The van der Waals surface area contributed by atoms with Gasteiger partial charge in [-0.05, 0) is 25.8 Å². The van der Waals surface area contributed by atoms with Crippen LogP contribution in [0.25, 0.3) is 0 Å². The lowest BCUT2D eigenvalue weighted by molar-refractivity contribution is 0.0440. The molecule has 3 nitrogen and oxygen atoms in total. The van der Waals surface area contributed by atoms with Gasteiger partial charge in [-0.1, -0.05) is 19.8 Å². The minimum Gasteiger partial charge on any atom is -0.372 e. The molecule has 1 aromatic heterocycles. The molecule has 0 unspecified atom stereocenters. The molecule has 1 aliphatic carbocycles. The Morgan fingerprint density at radius 1 is 1.47 bits per heavy atom. The van der Waals surface area contributed by atoms with Crippen molar-refractivity contribution in [3.8, 4) is 0 Å². The van der Waals surface area contributed by atoms with E-state index in [2.05, 4.69) is 22.6 Å². The summed E-state index contributed by atoms with van der Waals surface area (Å²) in [5, 5.41) is 6.66. The van der Waals surface area contributed by atoms with E-state index in [0.29, 0.717) is 12.7 Å². The van der Waals surface area contributed by atoms with Crippen LogP contribution in [0.1, 0.15) is 49.7 Å². The molecular weight excluding hydrogens is 232 g/mol. The van der Waals surface area contributed by atoms with Crippen LogP contribution in [0, 0.1) is 0 Å². The maximum absolute atomic E-state index is 5.85. The second-order valence-corrected chi connectivity index (χ2v) is 5.57. The van der Waals surface area contributed by atoms with Gasteiger partial charge in [-0.15, -0.1) is 11.3 Å². The van der Waals surface area contributed by atoms with Gasteiger partial charge >= 0.3 is 0 Å². The van der Waals surface area contributed by atoms with Gasteiger partial charge in [0.15, 0.2) is 0 Å². The molecular formula is C13H22N2OS. The second kappa shape index (κ2) is 7.09. The largest absolute Gasteiger partial charge is 0.372 e. The normalized spacial score (nSPS) is 16.8. The standard InChI is InChI=1S/C13H22N2OS/c1-2-7-14-8-13-15-11(10-17-13)9-16-12-5-3-4-6-12/h10,12,14H,2-9H2,1H3. The first-order valence-corrected chi connectivity index (χ1v) is 7.52. The molecule has 0 aliphatic heterocycles. The van der Waals surface area contributed by atoms with Crippen molar-refractivity contribution in [3.05, 3.63) is 16.1 Å². The number of hydrogen-bond donors (Lipinski definition) is 1. The van der Waals surface area contributed by atoms with E-state index in [1.165, 1.54) is 37.1 Å². The van der Waals surface area contributed by atoms with Crippen LogP contribution in [0.5, 0.6) is 0 Å². The Labute approximate surface area is 108 Å². The summed E-state index contributed by atoms with van der Waals surface area (Å²) < 4.78 is 5.85. The van der Waals surface area contributed by atoms with E-state index in [9.17, 15) is 0 Å². The molecule has 0 saturated heterocycles. The van der Waals surface area contributed by atoms with Gasteiger partial charge in [0.05, 0.1) is 18.4 Å². The van der Waals surface area contributed by atoms with Gasteiger partial charge in [-0.25, -0.2) is 4.98 Å². The quantitative estimate of drug-likeness (QED) is 0.759. The SMILES string of the molecule is CCCNCc1nc(COC2CCCC2)cs1. The van der Waals surface area contributed by atoms with Crippen LogP contribution >= 0.6 is 11.3 Å². The first kappa shape index (κ1) is 13.0. The van der Waals surface area contributed by atoms with Crippen molar-refractivity contribution in [2.24, 2.45) is 0 Å². The molecule has 1 aromatic rings. The lowest BCUT2D eigenvalue weighted by Gasteiger charge is -2.08. The predicted molar refractivity (Wildman–Crippen MR) is 71.2 cm³/mol. The van der Waals surface area contributed by atoms with Crippen LogP contribution in [0.2, 0.25) is 0 Å². The lowest BCUT2D eigenvalue weighted by atomic mass is 10.3. The number of thiazole rings is 1. The zero-order chi connectivity index (χ0) is 11.9. The minimum atomic E-state index is 0.485. The molecule has 1 heterocycles. The lowest BCUT2D eigenvalue weighted by Crippen LogP contribution is -2.13. The minimum absolute atomic E-state index is 0.485. The van der Waals surface area contributed by atoms with E-state index in [4.69, 9.17) is 4.74 Å². The van der Waals surface area contributed by atoms with Gasteiger partial charge in [0.2, 0.25) is 0 Å². The molecule has 1 saturated carbocycles. The van der Waals surface area contributed by atoms with Crippen LogP contribution < -0.4 is 5.32 Å². The van der Waals surface area contributed by atoms with E-state index in [-0.39, 0.29) is 0 Å². The van der Waals surface area contributed by atoms with Gasteiger partial charge in [-0.2, -0.15) is 0 Å². The fourth-order valence-corrected chi connectivity index (χ4v) is 2.87. The first-order valence-electron chi connectivity index (χ1n) is 6.64. The van der Waals surface area contributed by atoms with Crippen molar-refractivity contribution in [2.75, 3.05) is 6.54 Å². The van der Waals surface area contributed by atoms with Crippen LogP contribution in [0.15, 0.2) is 5.38 Å². The van der Waals surface area contributed by atoms with Crippen molar-refractivity contribution in [3.63, 3.8) is 0 Å². The summed E-state index contributed by atoms with van der Waals surface area (Å²) in [6.07, 6.45) is 6.77. The zero-order valence-corrected chi connectivity index (χ0v) is 11.4. The average molecular weight is 254 g/mol. The van der Waals surface area contributed by atoms with E-state index in [1.807, 2.05) is 0 Å². The molecule has 1 N–H and O–H groups in total. The summed E-state index contributed by atoms with van der Waals surface area (Å²) in [6, 6.07) is 0. The van der Waals surface area contributed by atoms with Crippen LogP contribution in [0.3, 0.4) is 0 Å². The fourth-order valence-electron chi connectivity index (χ4n) is 2.13. The van der Waals surface area contributed by atoms with Crippen LogP contribution in [-0.4, -0.2) is 17.6 Å². The van der Waals surface area contributed by atoms with E-state index in [1.54, 1.807) is 11.3 Å². The smallest absolute Gasteiger partial charge is 0.107 e. The molecule has 0 atom stereocenters. The average Bonchev–Trinajstić information content (AvgIpc) is 2.98. The summed E-state index contributed by atoms with van der Waals surface area (Å²) >= 11 is 1.73. The predicted octanol–water partition coefficient (Wildman–Crippen LogP) is 3.10. The first-order chi connectivity index (χ1) is 8.38. The van der Waals surface area contributed by atoms with E-state index < -0.39 is 0 Å². The Kier molecular flexibility index (Phi) is 5.42. The van der Waals surface area contributed by atoms with Crippen LogP contribution in [0.4, 0.5) is 0 Å². The number of rotatable bonds is 7. The Morgan fingerprint density at radius 3 is 3.06 bits per heavy atom. The molecule has 0 radical (unpaired) electrons. The van der Waals surface area contributed by atoms with Crippen molar-refractivity contribution >= 4 is 11.3 Å². The van der Waals surface area contributed by atoms with Crippen molar-refractivity contribution < 1.29 is 4.74 Å². The Morgan fingerprint density at radius 2 is 2.29 bits per heavy atom. The number of ether oxygens (including phenoxy) is 1. The highest BCUT2D eigenvalue weighted by Crippen LogP contribution is 2.22. The number of nitrogens with one attached hydrogen (secondary N) is 1. The summed E-state index contributed by atoms with van der Waals surface area (Å²) in [6.45, 7) is 4.82. The maximum atomic E-state index is 5.85. The Hall–Kier alpha value is -0.450. The molecule has 2 rings (SSSR count).